The molecule has 0 spiro atoms. The molecule has 0 aliphatic rings. The molecule has 1 aromatic carbocycles. The minimum absolute atomic E-state index is 0.141. The largest absolute Gasteiger partial charge is 0.508 e. The highest BCUT2D eigenvalue weighted by Crippen LogP contribution is 2.10. The van der Waals surface area contributed by atoms with Crippen molar-refractivity contribution in [1.82, 2.24) is 20.5 Å². The number of aromatic hydroxyl groups is 1. The van der Waals surface area contributed by atoms with Crippen molar-refractivity contribution < 1.29 is 9.90 Å². The van der Waals surface area contributed by atoms with E-state index in [1.54, 1.807) is 24.3 Å². The molecule has 0 saturated heterocycles. The number of H-pyrrole nitrogens is 1. The molecule has 0 fully saturated rings. The first-order valence-corrected chi connectivity index (χ1v) is 6.04. The maximum Gasteiger partial charge on any atom is 0.291 e. The zero-order chi connectivity index (χ0) is 13.8. The molecule has 0 bridgehead atoms. The van der Waals surface area contributed by atoms with Gasteiger partial charge in [-0.25, -0.2) is 4.98 Å². The van der Waals surface area contributed by atoms with Crippen molar-refractivity contribution in [2.24, 2.45) is 0 Å². The van der Waals surface area contributed by atoms with Crippen LogP contribution >= 0.6 is 0 Å². The lowest BCUT2D eigenvalue weighted by molar-refractivity contribution is 0.0941. The Bertz CT molecular complexity index is 560. The van der Waals surface area contributed by atoms with Gasteiger partial charge in [0.05, 0.1) is 0 Å². The Morgan fingerprint density at radius 2 is 2.05 bits per heavy atom. The Labute approximate surface area is 110 Å². The van der Waals surface area contributed by atoms with Crippen molar-refractivity contribution in [2.45, 2.75) is 26.3 Å². The first-order valence-electron chi connectivity index (χ1n) is 6.04. The summed E-state index contributed by atoms with van der Waals surface area (Å²) in [7, 11) is 0. The fourth-order valence-corrected chi connectivity index (χ4v) is 1.51. The van der Waals surface area contributed by atoms with Gasteiger partial charge in [0.1, 0.15) is 11.6 Å². The number of benzene rings is 1. The molecule has 6 heteroatoms. The van der Waals surface area contributed by atoms with Crippen LogP contribution in [0.3, 0.4) is 0 Å². The van der Waals surface area contributed by atoms with Crippen LogP contribution in [0.4, 0.5) is 0 Å². The van der Waals surface area contributed by atoms with Gasteiger partial charge in [-0.3, -0.25) is 9.89 Å². The number of aromatic amines is 1. The maximum absolute atomic E-state index is 11.8. The Balaban J connectivity index is 1.95. The lowest BCUT2D eigenvalue weighted by Gasteiger charge is -2.02. The van der Waals surface area contributed by atoms with Gasteiger partial charge in [0.15, 0.2) is 0 Å². The predicted octanol–water partition coefficient (Wildman–Crippen LogP) is 1.56. The van der Waals surface area contributed by atoms with Crippen molar-refractivity contribution >= 4 is 5.91 Å². The molecular weight excluding hydrogens is 244 g/mol. The Morgan fingerprint density at radius 1 is 1.37 bits per heavy atom. The normalized spacial score (nSPS) is 10.7. The Hall–Kier alpha value is -2.37. The van der Waals surface area contributed by atoms with Crippen molar-refractivity contribution in [1.29, 1.82) is 0 Å². The van der Waals surface area contributed by atoms with Gasteiger partial charge < -0.3 is 10.4 Å². The number of amides is 1. The van der Waals surface area contributed by atoms with E-state index in [2.05, 4.69) is 20.5 Å². The first kappa shape index (κ1) is 13.1. The molecule has 0 saturated carbocycles. The van der Waals surface area contributed by atoms with Crippen LogP contribution in [-0.2, 0) is 6.54 Å². The summed E-state index contributed by atoms with van der Waals surface area (Å²) in [5, 5.41) is 18.5. The van der Waals surface area contributed by atoms with Gasteiger partial charge in [-0.1, -0.05) is 26.0 Å². The van der Waals surface area contributed by atoms with Gasteiger partial charge in [0.25, 0.3) is 5.91 Å². The molecule has 1 heterocycles. The molecule has 1 aromatic heterocycles. The van der Waals surface area contributed by atoms with Crippen LogP contribution < -0.4 is 5.32 Å². The number of aromatic nitrogens is 3. The van der Waals surface area contributed by atoms with E-state index in [1.165, 1.54) is 0 Å². The summed E-state index contributed by atoms with van der Waals surface area (Å²) in [4.78, 5) is 15.9. The molecule has 6 nitrogen and oxygen atoms in total. The third kappa shape index (κ3) is 3.31. The fraction of sp³-hybridized carbons (Fsp3) is 0.308. The number of rotatable bonds is 4. The van der Waals surface area contributed by atoms with E-state index in [-0.39, 0.29) is 23.4 Å². The molecule has 1 amide bonds. The van der Waals surface area contributed by atoms with Gasteiger partial charge in [-0.05, 0) is 17.7 Å². The molecule has 0 radical (unpaired) electrons. The van der Waals surface area contributed by atoms with E-state index in [4.69, 9.17) is 5.11 Å². The molecule has 2 aromatic rings. The summed E-state index contributed by atoms with van der Waals surface area (Å²) in [6.07, 6.45) is 0. The molecule has 3 N–H and O–H groups in total. The third-order valence-electron chi connectivity index (χ3n) is 2.64. The highest BCUT2D eigenvalue weighted by molar-refractivity contribution is 5.90. The number of hydrogen-bond donors (Lipinski definition) is 3. The van der Waals surface area contributed by atoms with Crippen molar-refractivity contribution in [2.75, 3.05) is 0 Å². The fourth-order valence-electron chi connectivity index (χ4n) is 1.51. The smallest absolute Gasteiger partial charge is 0.291 e. The molecule has 0 atom stereocenters. The monoisotopic (exact) mass is 260 g/mol. The van der Waals surface area contributed by atoms with Crippen LogP contribution in [0.25, 0.3) is 0 Å². The van der Waals surface area contributed by atoms with Crippen LogP contribution in [0.2, 0.25) is 0 Å². The lowest BCUT2D eigenvalue weighted by atomic mass is 10.2. The van der Waals surface area contributed by atoms with Crippen LogP contribution in [0, 0.1) is 0 Å². The highest BCUT2D eigenvalue weighted by atomic mass is 16.3. The number of nitrogens with one attached hydrogen (secondary N) is 2. The van der Waals surface area contributed by atoms with Gasteiger partial charge in [-0.15, -0.1) is 5.10 Å². The van der Waals surface area contributed by atoms with Gasteiger partial charge in [0.2, 0.25) is 5.82 Å². The van der Waals surface area contributed by atoms with Crippen molar-refractivity contribution in [3.63, 3.8) is 0 Å². The zero-order valence-corrected chi connectivity index (χ0v) is 10.8. The molecule has 19 heavy (non-hydrogen) atoms. The topological polar surface area (TPSA) is 90.9 Å². The second-order valence-corrected chi connectivity index (χ2v) is 4.55. The lowest BCUT2D eigenvalue weighted by Crippen LogP contribution is -2.24. The Morgan fingerprint density at radius 3 is 2.63 bits per heavy atom. The second kappa shape index (κ2) is 5.51. The average Bonchev–Trinajstić information content (AvgIpc) is 2.87. The van der Waals surface area contributed by atoms with E-state index in [0.29, 0.717) is 12.4 Å². The Kier molecular flexibility index (Phi) is 3.79. The van der Waals surface area contributed by atoms with Gasteiger partial charge >= 0.3 is 0 Å². The molecule has 0 unspecified atom stereocenters. The molecule has 0 aliphatic heterocycles. The number of phenolic OH excluding ortho intramolecular Hbond substituents is 1. The standard InChI is InChI=1S/C13H16N4O2/c1-8(2)11-15-12(17-16-11)13(19)14-7-9-3-5-10(18)6-4-9/h3-6,8,18H,7H2,1-2H3,(H,14,19)(H,15,16,17). The quantitative estimate of drug-likeness (QED) is 0.778. The van der Waals surface area contributed by atoms with E-state index < -0.39 is 0 Å². The van der Waals surface area contributed by atoms with E-state index in [0.717, 1.165) is 5.56 Å². The summed E-state index contributed by atoms with van der Waals surface area (Å²) < 4.78 is 0. The summed E-state index contributed by atoms with van der Waals surface area (Å²) >= 11 is 0. The third-order valence-corrected chi connectivity index (χ3v) is 2.64. The first-order chi connectivity index (χ1) is 9.06. The maximum atomic E-state index is 11.8. The minimum atomic E-state index is -0.323. The van der Waals surface area contributed by atoms with E-state index >= 15 is 0 Å². The zero-order valence-electron chi connectivity index (χ0n) is 10.8. The SMILES string of the molecule is CC(C)c1nc(C(=O)NCc2ccc(O)cc2)n[nH]1. The second-order valence-electron chi connectivity index (χ2n) is 4.55. The number of phenols is 1. The minimum Gasteiger partial charge on any atom is -0.508 e. The van der Waals surface area contributed by atoms with E-state index in [1.807, 2.05) is 13.8 Å². The molecule has 0 aliphatic carbocycles. The highest BCUT2D eigenvalue weighted by Gasteiger charge is 2.13. The summed E-state index contributed by atoms with van der Waals surface area (Å²) in [6.45, 7) is 4.31. The van der Waals surface area contributed by atoms with Crippen LogP contribution in [0.5, 0.6) is 5.75 Å². The number of carbonyl (C=O) groups is 1. The summed E-state index contributed by atoms with van der Waals surface area (Å²) in [5.41, 5.74) is 0.894. The van der Waals surface area contributed by atoms with Gasteiger partial charge in [0, 0.05) is 12.5 Å². The summed E-state index contributed by atoms with van der Waals surface area (Å²) in [5.74, 6) is 0.908. The molecule has 2 rings (SSSR count). The number of nitrogens with zero attached hydrogens (tertiary/aromatic N) is 2. The van der Waals surface area contributed by atoms with Crippen LogP contribution in [0.1, 0.15) is 41.8 Å². The van der Waals surface area contributed by atoms with E-state index in [9.17, 15) is 4.79 Å². The summed E-state index contributed by atoms with van der Waals surface area (Å²) in [6, 6.07) is 6.64. The van der Waals surface area contributed by atoms with Crippen molar-refractivity contribution in [3.05, 3.63) is 41.5 Å². The average molecular weight is 260 g/mol. The van der Waals surface area contributed by atoms with Gasteiger partial charge in [-0.2, -0.15) is 0 Å². The van der Waals surface area contributed by atoms with Crippen LogP contribution in [-0.4, -0.2) is 26.2 Å². The molecular formula is C13H16N4O2. The van der Waals surface area contributed by atoms with Crippen molar-refractivity contribution in [3.8, 4) is 5.75 Å². The molecule has 100 valence electrons. The van der Waals surface area contributed by atoms with Crippen LogP contribution in [0.15, 0.2) is 24.3 Å². The predicted molar refractivity (Wildman–Crippen MR) is 69.7 cm³/mol. The number of hydrogen-bond acceptors (Lipinski definition) is 4. The number of carbonyl (C=O) groups excluding carboxylic acids is 1.